The second kappa shape index (κ2) is 5.47. The zero-order valence-corrected chi connectivity index (χ0v) is 9.99. The van der Waals surface area contributed by atoms with Gasteiger partial charge in [0.05, 0.1) is 6.04 Å². The van der Waals surface area contributed by atoms with Crippen molar-refractivity contribution < 1.29 is 4.79 Å². The lowest BCUT2D eigenvalue weighted by atomic mass is 9.98. The van der Waals surface area contributed by atoms with Crippen molar-refractivity contribution in [2.45, 2.75) is 26.8 Å². The normalized spacial score (nSPS) is 20.1. The van der Waals surface area contributed by atoms with Crippen molar-refractivity contribution in [2.75, 3.05) is 26.2 Å². The number of rotatable bonds is 5. The van der Waals surface area contributed by atoms with Gasteiger partial charge < -0.3 is 11.1 Å². The summed E-state index contributed by atoms with van der Waals surface area (Å²) in [7, 11) is 0. The number of carbonyl (C=O) groups is 1. The van der Waals surface area contributed by atoms with Gasteiger partial charge in [-0.25, -0.2) is 0 Å². The van der Waals surface area contributed by atoms with Crippen LogP contribution in [0.5, 0.6) is 0 Å². The van der Waals surface area contributed by atoms with Gasteiger partial charge in [-0.3, -0.25) is 9.69 Å². The predicted molar refractivity (Wildman–Crippen MR) is 61.4 cm³/mol. The van der Waals surface area contributed by atoms with Crippen LogP contribution in [0.2, 0.25) is 0 Å². The van der Waals surface area contributed by atoms with E-state index in [1.165, 1.54) is 0 Å². The maximum atomic E-state index is 11.7. The first kappa shape index (κ1) is 12.5. The summed E-state index contributed by atoms with van der Waals surface area (Å²) in [5.74, 6) is 1.24. The molecule has 0 aromatic rings. The molecule has 1 heterocycles. The molecule has 1 fully saturated rings. The Kier molecular flexibility index (Phi) is 4.54. The van der Waals surface area contributed by atoms with Crippen LogP contribution in [0.1, 0.15) is 20.8 Å². The third-order valence-corrected chi connectivity index (χ3v) is 2.93. The molecule has 3 N–H and O–H groups in total. The second-order valence-corrected chi connectivity index (χ2v) is 4.87. The van der Waals surface area contributed by atoms with Crippen molar-refractivity contribution in [3.05, 3.63) is 0 Å². The van der Waals surface area contributed by atoms with Crippen molar-refractivity contribution in [3.8, 4) is 0 Å². The quantitative estimate of drug-likeness (QED) is 0.678. The van der Waals surface area contributed by atoms with Crippen LogP contribution in [0, 0.1) is 11.8 Å². The fourth-order valence-corrected chi connectivity index (χ4v) is 1.69. The molecular formula is C11H23N3O. The number of hydrogen-bond donors (Lipinski definition) is 2. The monoisotopic (exact) mass is 213 g/mol. The number of amides is 1. The van der Waals surface area contributed by atoms with Gasteiger partial charge in [0.2, 0.25) is 5.91 Å². The maximum Gasteiger partial charge on any atom is 0.237 e. The van der Waals surface area contributed by atoms with Crippen LogP contribution in [0.4, 0.5) is 0 Å². The van der Waals surface area contributed by atoms with Crippen LogP contribution in [0.3, 0.4) is 0 Å². The third kappa shape index (κ3) is 3.47. The van der Waals surface area contributed by atoms with E-state index < -0.39 is 0 Å². The van der Waals surface area contributed by atoms with Crippen molar-refractivity contribution in [1.29, 1.82) is 0 Å². The van der Waals surface area contributed by atoms with Gasteiger partial charge in [0, 0.05) is 19.6 Å². The minimum absolute atomic E-state index is 0.00782. The highest BCUT2D eigenvalue weighted by molar-refractivity contribution is 5.81. The summed E-state index contributed by atoms with van der Waals surface area (Å²) in [6.45, 7) is 9.58. The molecule has 0 saturated carbocycles. The molecule has 1 rings (SSSR count). The Bertz CT molecular complexity index is 212. The van der Waals surface area contributed by atoms with E-state index in [9.17, 15) is 4.79 Å². The van der Waals surface area contributed by atoms with Crippen LogP contribution < -0.4 is 11.1 Å². The molecule has 1 atom stereocenters. The molecule has 4 heteroatoms. The van der Waals surface area contributed by atoms with Gasteiger partial charge in [0.25, 0.3) is 0 Å². The van der Waals surface area contributed by atoms with Crippen molar-refractivity contribution in [3.63, 3.8) is 0 Å². The molecular weight excluding hydrogens is 190 g/mol. The SMILES string of the molecule is CC(C)CNC(=O)C(C)N1CC(CN)C1. The highest BCUT2D eigenvalue weighted by atomic mass is 16.2. The molecule has 0 radical (unpaired) electrons. The summed E-state index contributed by atoms with van der Waals surface area (Å²) >= 11 is 0. The molecule has 1 saturated heterocycles. The minimum Gasteiger partial charge on any atom is -0.354 e. The first-order valence-electron chi connectivity index (χ1n) is 5.76. The molecule has 0 aliphatic carbocycles. The highest BCUT2D eigenvalue weighted by Crippen LogP contribution is 2.17. The summed E-state index contributed by atoms with van der Waals surface area (Å²) in [4.78, 5) is 13.9. The van der Waals surface area contributed by atoms with Gasteiger partial charge in [0.15, 0.2) is 0 Å². The van der Waals surface area contributed by atoms with E-state index in [1.807, 2.05) is 6.92 Å². The smallest absolute Gasteiger partial charge is 0.237 e. The van der Waals surface area contributed by atoms with Gasteiger partial charge in [0.1, 0.15) is 0 Å². The van der Waals surface area contributed by atoms with Gasteiger partial charge in [-0.2, -0.15) is 0 Å². The number of likely N-dealkylation sites (tertiary alicyclic amines) is 1. The zero-order valence-electron chi connectivity index (χ0n) is 9.99. The van der Waals surface area contributed by atoms with Crippen molar-refractivity contribution >= 4 is 5.91 Å². The van der Waals surface area contributed by atoms with E-state index in [0.717, 1.165) is 26.2 Å². The fraction of sp³-hybridized carbons (Fsp3) is 0.909. The van der Waals surface area contributed by atoms with Gasteiger partial charge in [-0.1, -0.05) is 13.8 Å². The van der Waals surface area contributed by atoms with E-state index in [1.54, 1.807) is 0 Å². The fourth-order valence-electron chi connectivity index (χ4n) is 1.69. The largest absolute Gasteiger partial charge is 0.354 e. The molecule has 0 spiro atoms. The van der Waals surface area contributed by atoms with Crippen LogP contribution in [-0.4, -0.2) is 43.0 Å². The summed E-state index contributed by atoms with van der Waals surface area (Å²) in [5.41, 5.74) is 5.54. The predicted octanol–water partition coefficient (Wildman–Crippen LogP) is 0.0376. The molecule has 15 heavy (non-hydrogen) atoms. The van der Waals surface area contributed by atoms with Crippen LogP contribution in [-0.2, 0) is 4.79 Å². The molecule has 1 unspecified atom stereocenters. The Hall–Kier alpha value is -0.610. The number of carbonyl (C=O) groups excluding carboxylic acids is 1. The number of hydrogen-bond acceptors (Lipinski definition) is 3. The highest BCUT2D eigenvalue weighted by Gasteiger charge is 2.32. The average molecular weight is 213 g/mol. The van der Waals surface area contributed by atoms with Crippen molar-refractivity contribution in [1.82, 2.24) is 10.2 Å². The topological polar surface area (TPSA) is 58.4 Å². The zero-order chi connectivity index (χ0) is 11.4. The van der Waals surface area contributed by atoms with Crippen LogP contribution in [0.25, 0.3) is 0 Å². The summed E-state index contributed by atoms with van der Waals surface area (Å²) in [5, 5.41) is 2.95. The van der Waals surface area contributed by atoms with Crippen molar-refractivity contribution in [2.24, 2.45) is 17.6 Å². The van der Waals surface area contributed by atoms with E-state index in [4.69, 9.17) is 5.73 Å². The van der Waals surface area contributed by atoms with Gasteiger partial charge in [-0.15, -0.1) is 0 Å². The summed E-state index contributed by atoms with van der Waals surface area (Å²) in [6, 6.07) is -0.00782. The molecule has 0 bridgehead atoms. The Morgan fingerprint density at radius 2 is 2.07 bits per heavy atom. The summed E-state index contributed by atoms with van der Waals surface area (Å²) in [6.07, 6.45) is 0. The van der Waals surface area contributed by atoms with Crippen LogP contribution >= 0.6 is 0 Å². The molecule has 4 nitrogen and oxygen atoms in total. The Morgan fingerprint density at radius 3 is 2.53 bits per heavy atom. The van der Waals surface area contributed by atoms with Gasteiger partial charge in [-0.05, 0) is 25.3 Å². The number of nitrogens with zero attached hydrogens (tertiary/aromatic N) is 1. The molecule has 1 amide bonds. The lowest BCUT2D eigenvalue weighted by molar-refractivity contribution is -0.128. The van der Waals surface area contributed by atoms with Crippen LogP contribution in [0.15, 0.2) is 0 Å². The van der Waals surface area contributed by atoms with E-state index in [2.05, 4.69) is 24.1 Å². The standard InChI is InChI=1S/C11H23N3O/c1-8(2)5-13-11(15)9(3)14-6-10(4-12)7-14/h8-10H,4-7,12H2,1-3H3,(H,13,15). The molecule has 0 aromatic heterocycles. The summed E-state index contributed by atoms with van der Waals surface area (Å²) < 4.78 is 0. The molecule has 1 aliphatic heterocycles. The van der Waals surface area contributed by atoms with E-state index in [-0.39, 0.29) is 11.9 Å². The second-order valence-electron chi connectivity index (χ2n) is 4.87. The van der Waals surface area contributed by atoms with E-state index >= 15 is 0 Å². The lowest BCUT2D eigenvalue weighted by Gasteiger charge is -2.42. The first-order chi connectivity index (χ1) is 7.04. The molecule has 1 aliphatic rings. The Morgan fingerprint density at radius 1 is 1.47 bits per heavy atom. The average Bonchev–Trinajstić information content (AvgIpc) is 2.12. The minimum atomic E-state index is -0.00782. The number of nitrogens with two attached hydrogens (primary N) is 1. The third-order valence-electron chi connectivity index (χ3n) is 2.93. The molecule has 0 aromatic carbocycles. The Balaban J connectivity index is 2.22. The first-order valence-corrected chi connectivity index (χ1v) is 5.76. The van der Waals surface area contributed by atoms with E-state index in [0.29, 0.717) is 11.8 Å². The maximum absolute atomic E-state index is 11.7. The number of nitrogens with one attached hydrogen (secondary N) is 1. The van der Waals surface area contributed by atoms with Gasteiger partial charge >= 0.3 is 0 Å². The molecule has 88 valence electrons. The lowest BCUT2D eigenvalue weighted by Crippen LogP contribution is -2.57. The Labute approximate surface area is 92.2 Å².